The maximum Gasteiger partial charge on any atom is 0.234 e. The van der Waals surface area contributed by atoms with Crippen LogP contribution in [0.15, 0.2) is 35.4 Å². The Morgan fingerprint density at radius 2 is 2.11 bits per heavy atom. The second kappa shape index (κ2) is 10.6. The van der Waals surface area contributed by atoms with Gasteiger partial charge in [-0.25, -0.2) is 14.4 Å². The Balaban J connectivity index is 1.12. The van der Waals surface area contributed by atoms with E-state index in [1.54, 1.807) is 24.4 Å². The van der Waals surface area contributed by atoms with E-state index in [9.17, 15) is 14.3 Å². The molecule has 3 aliphatic rings. The largest absolute Gasteiger partial charge is 0.480 e. The molecule has 3 atom stereocenters. The molecule has 0 radical (unpaired) electrons. The Hall–Kier alpha value is -2.50. The Kier molecular flexibility index (Phi) is 7.17. The highest BCUT2D eigenvalue weighted by atomic mass is 35.5. The topological polar surface area (TPSA) is 99.6 Å². The number of aliphatic hydroxyl groups is 1. The third kappa shape index (κ3) is 4.96. The van der Waals surface area contributed by atoms with E-state index in [4.69, 9.17) is 16.3 Å². The van der Waals surface area contributed by atoms with Crippen molar-refractivity contribution in [1.29, 1.82) is 0 Å². The van der Waals surface area contributed by atoms with Gasteiger partial charge in [0.15, 0.2) is 0 Å². The summed E-state index contributed by atoms with van der Waals surface area (Å²) in [6, 6.07) is 7.68. The molecule has 11 heteroatoms. The van der Waals surface area contributed by atoms with Crippen LogP contribution in [-0.4, -0.2) is 63.4 Å². The van der Waals surface area contributed by atoms with Crippen LogP contribution >= 0.6 is 23.4 Å². The van der Waals surface area contributed by atoms with Crippen molar-refractivity contribution in [3.05, 3.63) is 52.4 Å². The molecule has 0 spiro atoms. The molecule has 3 aliphatic heterocycles. The second-order valence-electron chi connectivity index (χ2n) is 10.2. The Morgan fingerprint density at radius 3 is 2.87 bits per heavy atom. The van der Waals surface area contributed by atoms with Crippen molar-refractivity contribution in [2.24, 2.45) is 0 Å². The number of piperidine rings is 1. The van der Waals surface area contributed by atoms with E-state index >= 15 is 0 Å². The van der Waals surface area contributed by atoms with Crippen LogP contribution in [0, 0.1) is 5.82 Å². The van der Waals surface area contributed by atoms with Gasteiger partial charge in [0, 0.05) is 52.3 Å². The predicted octanol–water partition coefficient (Wildman–Crippen LogP) is 4.29. The Morgan fingerprint density at radius 1 is 1.32 bits per heavy atom. The number of benzene rings is 2. The molecule has 2 fully saturated rings. The van der Waals surface area contributed by atoms with Crippen molar-refractivity contribution >= 4 is 46.0 Å². The summed E-state index contributed by atoms with van der Waals surface area (Å²) in [4.78, 5) is 23.8. The molecule has 2 aromatic carbocycles. The van der Waals surface area contributed by atoms with E-state index in [0.717, 1.165) is 30.6 Å². The SMILES string of the molecule is COc1cnc2ccc(Cl)c(C(O)CN3C4CCC3CC(NCc3cc5c(cc3F)SCC(=O)N5)C4)c2n1. The quantitative estimate of drug-likeness (QED) is 0.396. The first kappa shape index (κ1) is 25.8. The number of carbonyl (C=O) groups is 1. The van der Waals surface area contributed by atoms with Gasteiger partial charge in [0.1, 0.15) is 11.3 Å². The van der Waals surface area contributed by atoms with Crippen LogP contribution in [0.4, 0.5) is 10.1 Å². The molecule has 8 nitrogen and oxygen atoms in total. The molecule has 4 heterocycles. The van der Waals surface area contributed by atoms with E-state index in [1.165, 1.54) is 24.9 Å². The number of rotatable bonds is 7. The van der Waals surface area contributed by atoms with Crippen molar-refractivity contribution in [1.82, 2.24) is 20.2 Å². The normalized spacial score (nSPS) is 23.8. The number of thioether (sulfide) groups is 1. The lowest BCUT2D eigenvalue weighted by molar-refractivity contribution is -0.113. The molecule has 1 amide bonds. The lowest BCUT2D eigenvalue weighted by atomic mass is 9.95. The number of methoxy groups -OCH3 is 1. The summed E-state index contributed by atoms with van der Waals surface area (Å²) in [5.41, 5.74) is 3.02. The van der Waals surface area contributed by atoms with Crippen LogP contribution in [0.25, 0.3) is 11.0 Å². The molecule has 2 bridgehead atoms. The van der Waals surface area contributed by atoms with E-state index in [0.29, 0.717) is 69.7 Å². The lowest BCUT2D eigenvalue weighted by Gasteiger charge is -2.40. The molecule has 2 saturated heterocycles. The number of anilines is 1. The highest BCUT2D eigenvalue weighted by Crippen LogP contribution is 2.39. The molecule has 0 saturated carbocycles. The summed E-state index contributed by atoms with van der Waals surface area (Å²) >= 11 is 7.90. The summed E-state index contributed by atoms with van der Waals surface area (Å²) in [6.07, 6.45) is 4.68. The van der Waals surface area contributed by atoms with Crippen LogP contribution < -0.4 is 15.4 Å². The molecule has 6 rings (SSSR count). The van der Waals surface area contributed by atoms with E-state index < -0.39 is 6.10 Å². The molecule has 38 heavy (non-hydrogen) atoms. The number of ether oxygens (including phenoxy) is 1. The third-order valence-corrected chi connectivity index (χ3v) is 9.24. The van der Waals surface area contributed by atoms with Crippen LogP contribution in [-0.2, 0) is 11.3 Å². The standard InChI is InChI=1S/C27H29ClFN5O3S/c1-37-25-11-31-20-5-4-18(28)26(27(20)33-25)22(35)12-34-16-2-3-17(34)8-15(7-16)30-10-14-6-21-23(9-19(14)29)38-13-24(36)32-21/h4-6,9,11,15-17,22,30,35H,2-3,7-8,10,12-13H2,1H3,(H,32,36). The highest BCUT2D eigenvalue weighted by molar-refractivity contribution is 8.00. The van der Waals surface area contributed by atoms with Gasteiger partial charge in [0.25, 0.3) is 0 Å². The zero-order chi connectivity index (χ0) is 26.4. The van der Waals surface area contributed by atoms with Gasteiger partial charge in [-0.15, -0.1) is 11.8 Å². The minimum Gasteiger partial charge on any atom is -0.480 e. The molecule has 3 aromatic rings. The summed E-state index contributed by atoms with van der Waals surface area (Å²) in [6.45, 7) is 0.856. The fourth-order valence-corrected chi connectivity index (χ4v) is 7.13. The van der Waals surface area contributed by atoms with Gasteiger partial charge in [-0.1, -0.05) is 11.6 Å². The van der Waals surface area contributed by atoms with E-state index in [1.807, 2.05) is 0 Å². The van der Waals surface area contributed by atoms with Gasteiger partial charge < -0.3 is 20.5 Å². The molecule has 3 unspecified atom stereocenters. The second-order valence-corrected chi connectivity index (χ2v) is 11.6. The summed E-state index contributed by atoms with van der Waals surface area (Å²) in [5, 5.41) is 18.2. The maximum atomic E-state index is 14.7. The number of hydrogen-bond donors (Lipinski definition) is 3. The zero-order valence-electron chi connectivity index (χ0n) is 20.9. The predicted molar refractivity (Wildman–Crippen MR) is 145 cm³/mol. The van der Waals surface area contributed by atoms with Crippen molar-refractivity contribution in [3.63, 3.8) is 0 Å². The van der Waals surface area contributed by atoms with Crippen molar-refractivity contribution in [3.8, 4) is 5.88 Å². The summed E-state index contributed by atoms with van der Waals surface area (Å²) in [7, 11) is 1.53. The molecule has 3 N–H and O–H groups in total. The number of carbonyl (C=O) groups excluding carboxylic acids is 1. The van der Waals surface area contributed by atoms with Crippen LogP contribution in [0.2, 0.25) is 5.02 Å². The van der Waals surface area contributed by atoms with Gasteiger partial charge >= 0.3 is 0 Å². The highest BCUT2D eigenvalue weighted by Gasteiger charge is 2.41. The molecule has 0 aliphatic carbocycles. The monoisotopic (exact) mass is 557 g/mol. The number of nitrogens with zero attached hydrogens (tertiary/aromatic N) is 3. The van der Waals surface area contributed by atoms with Gasteiger partial charge in [-0.2, -0.15) is 0 Å². The number of hydrogen-bond acceptors (Lipinski definition) is 8. The van der Waals surface area contributed by atoms with Crippen LogP contribution in [0.1, 0.15) is 42.9 Å². The van der Waals surface area contributed by atoms with Crippen LogP contribution in [0.3, 0.4) is 0 Å². The van der Waals surface area contributed by atoms with Gasteiger partial charge in [-0.05, 0) is 49.9 Å². The first-order chi connectivity index (χ1) is 18.4. The number of aliphatic hydroxyl groups excluding tert-OH is 1. The van der Waals surface area contributed by atoms with Crippen molar-refractivity contribution in [2.45, 2.75) is 61.4 Å². The number of amides is 1. The number of fused-ring (bicyclic) bond motifs is 4. The third-order valence-electron chi connectivity index (χ3n) is 7.85. The number of nitrogens with one attached hydrogen (secondary N) is 2. The van der Waals surface area contributed by atoms with Crippen molar-refractivity contribution < 1.29 is 19.0 Å². The van der Waals surface area contributed by atoms with Crippen LogP contribution in [0.5, 0.6) is 5.88 Å². The Bertz CT molecular complexity index is 1380. The van der Waals surface area contributed by atoms with Gasteiger partial charge in [0.05, 0.1) is 36.4 Å². The molecular weight excluding hydrogens is 529 g/mol. The number of halogens is 2. The molecule has 200 valence electrons. The van der Waals surface area contributed by atoms with Gasteiger partial charge in [0.2, 0.25) is 11.8 Å². The summed E-state index contributed by atoms with van der Waals surface area (Å²) in [5.74, 6) is 0.371. The Labute approximate surface area is 229 Å². The fraction of sp³-hybridized carbons (Fsp3) is 0.444. The molecular formula is C27H29ClFN5O3S. The first-order valence-electron chi connectivity index (χ1n) is 12.8. The smallest absolute Gasteiger partial charge is 0.234 e. The first-order valence-corrected chi connectivity index (χ1v) is 14.2. The lowest BCUT2D eigenvalue weighted by Crippen LogP contribution is -2.50. The van der Waals surface area contributed by atoms with Crippen molar-refractivity contribution in [2.75, 3.05) is 24.7 Å². The average Bonchev–Trinajstić information content (AvgIpc) is 3.13. The minimum absolute atomic E-state index is 0.0601. The van der Waals surface area contributed by atoms with E-state index in [2.05, 4.69) is 25.5 Å². The zero-order valence-corrected chi connectivity index (χ0v) is 22.5. The number of aromatic nitrogens is 2. The maximum absolute atomic E-state index is 14.7. The molecule has 1 aromatic heterocycles. The minimum atomic E-state index is -0.821. The average molecular weight is 558 g/mol. The summed E-state index contributed by atoms with van der Waals surface area (Å²) < 4.78 is 20.0. The van der Waals surface area contributed by atoms with E-state index in [-0.39, 0.29) is 17.8 Å². The van der Waals surface area contributed by atoms with Gasteiger partial charge in [-0.3, -0.25) is 9.69 Å². The fourth-order valence-electron chi connectivity index (χ4n) is 6.04.